The van der Waals surface area contributed by atoms with Crippen molar-refractivity contribution >= 4 is 17.7 Å². The number of ether oxygens (including phenoxy) is 1. The van der Waals surface area contributed by atoms with Crippen molar-refractivity contribution in [3.63, 3.8) is 0 Å². The second kappa shape index (κ2) is 6.52. The first kappa shape index (κ1) is 13.0. The van der Waals surface area contributed by atoms with Gasteiger partial charge in [-0.1, -0.05) is 6.92 Å². The number of hydrogen-bond donors (Lipinski definition) is 0. The minimum atomic E-state index is -0.163. The van der Waals surface area contributed by atoms with E-state index in [9.17, 15) is 4.79 Å². The highest BCUT2D eigenvalue weighted by Gasteiger charge is 2.12. The summed E-state index contributed by atoms with van der Waals surface area (Å²) < 4.78 is 10.1. The Balaban J connectivity index is 2.24. The van der Waals surface area contributed by atoms with Gasteiger partial charge in [0.1, 0.15) is 0 Å². The van der Waals surface area contributed by atoms with Crippen LogP contribution in [0.2, 0.25) is 0 Å². The number of aromatic nitrogens is 2. The first-order valence-electron chi connectivity index (χ1n) is 5.18. The summed E-state index contributed by atoms with van der Waals surface area (Å²) in [5, 5.41) is 7.80. The number of rotatable bonds is 6. The molecule has 6 heteroatoms. The van der Waals surface area contributed by atoms with Crippen LogP contribution in [-0.4, -0.2) is 28.0 Å². The smallest absolute Gasteiger partial charge is 0.306 e. The second-order valence-corrected chi connectivity index (χ2v) is 4.77. The first-order chi connectivity index (χ1) is 7.61. The largest absolute Gasteiger partial charge is 0.466 e. The fourth-order valence-corrected chi connectivity index (χ4v) is 1.92. The Morgan fingerprint density at radius 3 is 2.88 bits per heavy atom. The summed E-state index contributed by atoms with van der Waals surface area (Å²) in [6, 6.07) is 0. The maximum absolute atomic E-state index is 11.2. The van der Waals surface area contributed by atoms with Crippen LogP contribution in [0, 0.1) is 6.92 Å². The molecular formula is C10H16N2O3S. The van der Waals surface area contributed by atoms with E-state index in [0.717, 1.165) is 0 Å². The zero-order valence-corrected chi connectivity index (χ0v) is 10.5. The summed E-state index contributed by atoms with van der Waals surface area (Å²) in [5.41, 5.74) is 0. The molecule has 0 unspecified atom stereocenters. The van der Waals surface area contributed by atoms with Crippen molar-refractivity contribution in [1.29, 1.82) is 0 Å². The SMILES string of the molecule is CCOC(=O)C[C@H](C)SCc1nnc(C)o1. The number of aryl methyl sites for hydroxylation is 1. The van der Waals surface area contributed by atoms with Gasteiger partial charge in [0.25, 0.3) is 0 Å². The van der Waals surface area contributed by atoms with E-state index in [1.807, 2.05) is 6.92 Å². The van der Waals surface area contributed by atoms with Crippen LogP contribution in [0.25, 0.3) is 0 Å². The molecule has 0 spiro atoms. The topological polar surface area (TPSA) is 65.2 Å². The highest BCUT2D eigenvalue weighted by atomic mass is 32.2. The maximum Gasteiger partial charge on any atom is 0.306 e. The van der Waals surface area contributed by atoms with Crippen molar-refractivity contribution in [2.24, 2.45) is 0 Å². The molecule has 1 atom stereocenters. The number of hydrogen-bond acceptors (Lipinski definition) is 6. The average Bonchev–Trinajstić information content (AvgIpc) is 2.61. The van der Waals surface area contributed by atoms with E-state index in [4.69, 9.17) is 9.15 Å². The molecule has 0 aromatic carbocycles. The van der Waals surface area contributed by atoms with Gasteiger partial charge in [0, 0.05) is 12.2 Å². The maximum atomic E-state index is 11.2. The van der Waals surface area contributed by atoms with Gasteiger partial charge in [-0.05, 0) is 6.92 Å². The molecular weight excluding hydrogens is 228 g/mol. The number of carbonyl (C=O) groups is 1. The lowest BCUT2D eigenvalue weighted by molar-refractivity contribution is -0.142. The van der Waals surface area contributed by atoms with E-state index < -0.39 is 0 Å². The highest BCUT2D eigenvalue weighted by molar-refractivity contribution is 7.99. The molecule has 0 saturated heterocycles. The van der Waals surface area contributed by atoms with Crippen molar-refractivity contribution in [2.75, 3.05) is 6.61 Å². The molecule has 16 heavy (non-hydrogen) atoms. The van der Waals surface area contributed by atoms with Crippen molar-refractivity contribution in [3.05, 3.63) is 11.8 Å². The van der Waals surface area contributed by atoms with Gasteiger partial charge in [-0.25, -0.2) is 0 Å². The number of esters is 1. The summed E-state index contributed by atoms with van der Waals surface area (Å²) in [6.07, 6.45) is 0.408. The van der Waals surface area contributed by atoms with E-state index in [0.29, 0.717) is 30.6 Å². The van der Waals surface area contributed by atoms with Crippen molar-refractivity contribution in [1.82, 2.24) is 10.2 Å². The normalized spacial score (nSPS) is 12.4. The molecule has 1 aromatic rings. The average molecular weight is 244 g/mol. The van der Waals surface area contributed by atoms with Gasteiger partial charge in [0.15, 0.2) is 0 Å². The molecule has 0 saturated carbocycles. The predicted octanol–water partition coefficient (Wildman–Crippen LogP) is 1.95. The lowest BCUT2D eigenvalue weighted by Crippen LogP contribution is -2.10. The lowest BCUT2D eigenvalue weighted by atomic mass is 10.3. The van der Waals surface area contributed by atoms with E-state index in [-0.39, 0.29) is 11.2 Å². The molecule has 1 rings (SSSR count). The summed E-state index contributed by atoms with van der Waals surface area (Å²) in [6.45, 7) is 5.96. The van der Waals surface area contributed by atoms with Crippen molar-refractivity contribution in [3.8, 4) is 0 Å². The second-order valence-electron chi connectivity index (χ2n) is 3.35. The molecule has 90 valence electrons. The quantitative estimate of drug-likeness (QED) is 0.713. The van der Waals surface area contributed by atoms with Gasteiger partial charge >= 0.3 is 5.97 Å². The third-order valence-electron chi connectivity index (χ3n) is 1.82. The zero-order chi connectivity index (χ0) is 12.0. The van der Waals surface area contributed by atoms with Crippen LogP contribution in [0.5, 0.6) is 0 Å². The standard InChI is InChI=1S/C10H16N2O3S/c1-4-14-10(13)5-7(2)16-6-9-12-11-8(3)15-9/h7H,4-6H2,1-3H3/t7-/m0/s1. The predicted molar refractivity (Wildman–Crippen MR) is 61.0 cm³/mol. The number of thioether (sulfide) groups is 1. The van der Waals surface area contributed by atoms with E-state index >= 15 is 0 Å². The minimum absolute atomic E-state index is 0.163. The van der Waals surface area contributed by atoms with Crippen LogP contribution in [0.1, 0.15) is 32.0 Å². The van der Waals surface area contributed by atoms with Crippen molar-refractivity contribution in [2.45, 2.75) is 38.2 Å². The van der Waals surface area contributed by atoms with Crippen LogP contribution >= 0.6 is 11.8 Å². The fraction of sp³-hybridized carbons (Fsp3) is 0.700. The van der Waals surface area contributed by atoms with Gasteiger partial charge in [0.2, 0.25) is 11.8 Å². The van der Waals surface area contributed by atoms with Gasteiger partial charge in [-0.15, -0.1) is 22.0 Å². The van der Waals surface area contributed by atoms with Gasteiger partial charge in [-0.3, -0.25) is 4.79 Å². The Kier molecular flexibility index (Phi) is 5.31. The highest BCUT2D eigenvalue weighted by Crippen LogP contribution is 2.19. The van der Waals surface area contributed by atoms with Gasteiger partial charge in [-0.2, -0.15) is 0 Å². The molecule has 1 aromatic heterocycles. The lowest BCUT2D eigenvalue weighted by Gasteiger charge is -2.08. The Bertz CT molecular complexity index is 341. The Hall–Kier alpha value is -1.04. The van der Waals surface area contributed by atoms with Crippen LogP contribution < -0.4 is 0 Å². The molecule has 1 heterocycles. The first-order valence-corrected chi connectivity index (χ1v) is 6.23. The van der Waals surface area contributed by atoms with E-state index in [2.05, 4.69) is 10.2 Å². The van der Waals surface area contributed by atoms with Crippen LogP contribution in [-0.2, 0) is 15.3 Å². The Labute approximate surface area is 99.0 Å². The number of nitrogens with zero attached hydrogens (tertiary/aromatic N) is 2. The molecule has 0 aliphatic rings. The molecule has 0 radical (unpaired) electrons. The molecule has 0 N–H and O–H groups in total. The summed E-state index contributed by atoms with van der Waals surface area (Å²) >= 11 is 1.60. The zero-order valence-electron chi connectivity index (χ0n) is 9.73. The van der Waals surface area contributed by atoms with Crippen LogP contribution in [0.15, 0.2) is 4.42 Å². The fourth-order valence-electron chi connectivity index (χ4n) is 1.12. The Morgan fingerprint density at radius 1 is 1.56 bits per heavy atom. The molecule has 5 nitrogen and oxygen atoms in total. The Morgan fingerprint density at radius 2 is 2.31 bits per heavy atom. The molecule has 0 bridgehead atoms. The minimum Gasteiger partial charge on any atom is -0.466 e. The van der Waals surface area contributed by atoms with Crippen LogP contribution in [0.4, 0.5) is 0 Å². The molecule has 0 aliphatic carbocycles. The third kappa shape index (κ3) is 4.65. The summed E-state index contributed by atoms with van der Waals surface area (Å²) in [5.74, 6) is 1.62. The summed E-state index contributed by atoms with van der Waals surface area (Å²) in [7, 11) is 0. The van der Waals surface area contributed by atoms with Crippen LogP contribution in [0.3, 0.4) is 0 Å². The van der Waals surface area contributed by atoms with Crippen molar-refractivity contribution < 1.29 is 13.9 Å². The van der Waals surface area contributed by atoms with E-state index in [1.165, 1.54) is 0 Å². The molecule has 0 amide bonds. The number of carbonyl (C=O) groups excluding carboxylic acids is 1. The van der Waals surface area contributed by atoms with Gasteiger partial charge in [0.05, 0.1) is 18.8 Å². The molecule has 0 fully saturated rings. The summed E-state index contributed by atoms with van der Waals surface area (Å²) in [4.78, 5) is 11.2. The van der Waals surface area contributed by atoms with Gasteiger partial charge < -0.3 is 9.15 Å². The monoisotopic (exact) mass is 244 g/mol. The third-order valence-corrected chi connectivity index (χ3v) is 2.97. The van der Waals surface area contributed by atoms with E-state index in [1.54, 1.807) is 25.6 Å². The molecule has 0 aliphatic heterocycles.